The molecule has 6 rings (SSSR count). The lowest BCUT2D eigenvalue weighted by Crippen LogP contribution is -2.38. The Morgan fingerprint density at radius 1 is 1.00 bits per heavy atom. The smallest absolute Gasteiger partial charge is 0.253 e. The molecule has 1 N–H and O–H groups in total. The van der Waals surface area contributed by atoms with Crippen LogP contribution in [0, 0.1) is 0 Å². The van der Waals surface area contributed by atoms with Crippen molar-refractivity contribution in [3.8, 4) is 0 Å². The van der Waals surface area contributed by atoms with Crippen LogP contribution in [0.25, 0.3) is 16.6 Å². The van der Waals surface area contributed by atoms with Gasteiger partial charge in [-0.25, -0.2) is 0 Å². The van der Waals surface area contributed by atoms with Gasteiger partial charge in [0.1, 0.15) is 5.82 Å². The first-order chi connectivity index (χ1) is 15.3. The van der Waals surface area contributed by atoms with E-state index >= 15 is 0 Å². The van der Waals surface area contributed by atoms with Crippen LogP contribution < -0.4 is 0 Å². The molecule has 0 saturated carbocycles. The SMILES string of the molecule is O=C(c1ccc2[nH]c3c(c2c1)CCCCC3)N1CCC(c2nnc3ccccn23)CC1. The molecule has 31 heavy (non-hydrogen) atoms. The summed E-state index contributed by atoms with van der Waals surface area (Å²) in [6.45, 7) is 1.52. The van der Waals surface area contributed by atoms with Gasteiger partial charge >= 0.3 is 0 Å². The number of aromatic amines is 1. The van der Waals surface area contributed by atoms with Crippen molar-refractivity contribution in [2.45, 2.75) is 50.9 Å². The molecule has 1 aromatic carbocycles. The predicted molar refractivity (Wildman–Crippen MR) is 120 cm³/mol. The highest BCUT2D eigenvalue weighted by molar-refractivity contribution is 5.99. The van der Waals surface area contributed by atoms with E-state index in [1.54, 1.807) is 0 Å². The van der Waals surface area contributed by atoms with E-state index in [1.807, 2.05) is 35.4 Å². The lowest BCUT2D eigenvalue weighted by Gasteiger charge is -2.31. The van der Waals surface area contributed by atoms with E-state index < -0.39 is 0 Å². The minimum absolute atomic E-state index is 0.148. The van der Waals surface area contributed by atoms with Gasteiger partial charge in [0.05, 0.1) is 0 Å². The van der Waals surface area contributed by atoms with Crippen LogP contribution in [0.1, 0.15) is 65.5 Å². The second-order valence-electron chi connectivity index (χ2n) is 8.96. The zero-order valence-electron chi connectivity index (χ0n) is 17.7. The van der Waals surface area contributed by atoms with Crippen molar-refractivity contribution in [3.05, 3.63) is 65.2 Å². The first-order valence-corrected chi connectivity index (χ1v) is 11.5. The Morgan fingerprint density at radius 3 is 2.77 bits per heavy atom. The standard InChI is InChI=1S/C25H27N5O/c31-25(18-9-10-22-20(16-18)19-6-2-1-3-7-21(19)26-22)29-14-11-17(12-15-29)24-28-27-23-8-4-5-13-30(23)24/h4-5,8-10,13,16-17,26H,1-3,6-7,11-12,14-15H2. The molecule has 1 aliphatic heterocycles. The topological polar surface area (TPSA) is 66.3 Å². The molecule has 0 bridgehead atoms. The fraction of sp³-hybridized carbons (Fsp3) is 0.400. The molecule has 158 valence electrons. The number of likely N-dealkylation sites (tertiary alicyclic amines) is 1. The first-order valence-electron chi connectivity index (χ1n) is 11.5. The number of nitrogens with zero attached hydrogens (tertiary/aromatic N) is 4. The largest absolute Gasteiger partial charge is 0.358 e. The summed E-state index contributed by atoms with van der Waals surface area (Å²) in [5.41, 5.74) is 5.67. The summed E-state index contributed by atoms with van der Waals surface area (Å²) in [5, 5.41) is 9.96. The summed E-state index contributed by atoms with van der Waals surface area (Å²) < 4.78 is 2.08. The van der Waals surface area contributed by atoms with Crippen LogP contribution in [-0.4, -0.2) is 43.5 Å². The number of hydrogen-bond acceptors (Lipinski definition) is 3. The van der Waals surface area contributed by atoms with E-state index in [-0.39, 0.29) is 5.91 Å². The van der Waals surface area contributed by atoms with Crippen LogP contribution in [0.5, 0.6) is 0 Å². The Balaban J connectivity index is 1.21. The molecule has 1 fully saturated rings. The Bertz CT molecular complexity index is 1260. The minimum Gasteiger partial charge on any atom is -0.358 e. The molecule has 1 saturated heterocycles. The van der Waals surface area contributed by atoms with E-state index in [2.05, 4.69) is 31.7 Å². The Morgan fingerprint density at radius 2 is 1.87 bits per heavy atom. The quantitative estimate of drug-likeness (QED) is 0.492. The van der Waals surface area contributed by atoms with Crippen molar-refractivity contribution in [1.82, 2.24) is 24.5 Å². The normalized spacial score (nSPS) is 17.7. The van der Waals surface area contributed by atoms with E-state index in [0.717, 1.165) is 55.8 Å². The lowest BCUT2D eigenvalue weighted by molar-refractivity contribution is 0.0711. The molecule has 1 amide bonds. The number of carbonyl (C=O) groups excluding carboxylic acids is 1. The van der Waals surface area contributed by atoms with Crippen molar-refractivity contribution in [3.63, 3.8) is 0 Å². The molecule has 0 radical (unpaired) electrons. The van der Waals surface area contributed by atoms with Crippen molar-refractivity contribution in [1.29, 1.82) is 0 Å². The molecular weight excluding hydrogens is 386 g/mol. The number of carbonyl (C=O) groups is 1. The van der Waals surface area contributed by atoms with Crippen LogP contribution >= 0.6 is 0 Å². The van der Waals surface area contributed by atoms with Gasteiger partial charge in [0.2, 0.25) is 0 Å². The average molecular weight is 414 g/mol. The predicted octanol–water partition coefficient (Wildman–Crippen LogP) is 4.50. The second kappa shape index (κ2) is 7.52. The van der Waals surface area contributed by atoms with Gasteiger partial charge in [0, 0.05) is 47.4 Å². The number of benzene rings is 1. The zero-order chi connectivity index (χ0) is 20.8. The maximum Gasteiger partial charge on any atom is 0.253 e. The summed E-state index contributed by atoms with van der Waals surface area (Å²) in [4.78, 5) is 18.9. The van der Waals surface area contributed by atoms with Crippen molar-refractivity contribution >= 4 is 22.5 Å². The van der Waals surface area contributed by atoms with Gasteiger partial charge in [-0.1, -0.05) is 12.5 Å². The summed E-state index contributed by atoms with van der Waals surface area (Å²) >= 11 is 0. The number of H-pyrrole nitrogens is 1. The van der Waals surface area contributed by atoms with Gasteiger partial charge in [-0.05, 0) is 74.4 Å². The highest BCUT2D eigenvalue weighted by atomic mass is 16.2. The highest BCUT2D eigenvalue weighted by Gasteiger charge is 2.28. The summed E-state index contributed by atoms with van der Waals surface area (Å²) in [5.74, 6) is 1.50. The number of nitrogens with one attached hydrogen (secondary N) is 1. The number of pyridine rings is 1. The third-order valence-corrected chi connectivity index (χ3v) is 7.08. The number of aromatic nitrogens is 4. The molecule has 0 spiro atoms. The van der Waals surface area contributed by atoms with Gasteiger partial charge in [-0.15, -0.1) is 10.2 Å². The Hall–Kier alpha value is -3.15. The van der Waals surface area contributed by atoms with E-state index in [4.69, 9.17) is 0 Å². The van der Waals surface area contributed by atoms with Crippen molar-refractivity contribution in [2.75, 3.05) is 13.1 Å². The Labute approximate surface area is 181 Å². The fourth-order valence-corrected chi connectivity index (χ4v) is 5.38. The second-order valence-corrected chi connectivity index (χ2v) is 8.96. The molecule has 1 aliphatic carbocycles. The highest BCUT2D eigenvalue weighted by Crippen LogP contribution is 2.31. The van der Waals surface area contributed by atoms with Crippen LogP contribution in [0.4, 0.5) is 0 Å². The van der Waals surface area contributed by atoms with E-state index in [9.17, 15) is 4.79 Å². The van der Waals surface area contributed by atoms with Gasteiger partial charge in [-0.2, -0.15) is 0 Å². The van der Waals surface area contributed by atoms with E-state index in [0.29, 0.717) is 5.92 Å². The third-order valence-electron chi connectivity index (χ3n) is 7.08. The molecule has 0 atom stereocenters. The van der Waals surface area contributed by atoms with Gasteiger partial charge in [0.25, 0.3) is 5.91 Å². The minimum atomic E-state index is 0.148. The molecule has 2 aliphatic rings. The van der Waals surface area contributed by atoms with Crippen molar-refractivity contribution < 1.29 is 4.79 Å². The van der Waals surface area contributed by atoms with Gasteiger partial charge < -0.3 is 9.88 Å². The number of amides is 1. The molecule has 0 unspecified atom stereocenters. The maximum absolute atomic E-state index is 13.3. The number of rotatable bonds is 2. The van der Waals surface area contributed by atoms with Gasteiger partial charge in [0.15, 0.2) is 5.65 Å². The fourth-order valence-electron chi connectivity index (χ4n) is 5.38. The summed E-state index contributed by atoms with van der Waals surface area (Å²) in [7, 11) is 0. The molecule has 3 aromatic heterocycles. The van der Waals surface area contributed by atoms with Crippen LogP contribution in [0.15, 0.2) is 42.6 Å². The number of aryl methyl sites for hydroxylation is 2. The first kappa shape index (κ1) is 18.6. The molecule has 6 nitrogen and oxygen atoms in total. The maximum atomic E-state index is 13.3. The number of piperidine rings is 1. The number of hydrogen-bond donors (Lipinski definition) is 1. The monoisotopic (exact) mass is 413 g/mol. The Kier molecular flexibility index (Phi) is 4.51. The number of fused-ring (bicyclic) bond motifs is 4. The van der Waals surface area contributed by atoms with E-state index in [1.165, 1.54) is 41.4 Å². The van der Waals surface area contributed by atoms with Crippen LogP contribution in [-0.2, 0) is 12.8 Å². The summed E-state index contributed by atoms with van der Waals surface area (Å²) in [6, 6.07) is 12.2. The van der Waals surface area contributed by atoms with Gasteiger partial charge in [-0.3, -0.25) is 9.20 Å². The molecule has 4 heterocycles. The summed E-state index contributed by atoms with van der Waals surface area (Å²) in [6.07, 6.45) is 9.89. The lowest BCUT2D eigenvalue weighted by atomic mass is 9.95. The van der Waals surface area contributed by atoms with Crippen LogP contribution in [0.3, 0.4) is 0 Å². The van der Waals surface area contributed by atoms with Crippen molar-refractivity contribution in [2.24, 2.45) is 0 Å². The molecular formula is C25H27N5O. The zero-order valence-corrected chi connectivity index (χ0v) is 17.7. The molecule has 6 heteroatoms. The molecule has 4 aromatic rings. The van der Waals surface area contributed by atoms with Crippen LogP contribution in [0.2, 0.25) is 0 Å². The third kappa shape index (κ3) is 3.21. The average Bonchev–Trinajstić information content (AvgIpc) is 3.32.